The summed E-state index contributed by atoms with van der Waals surface area (Å²) in [5.41, 5.74) is 0.773. The van der Waals surface area contributed by atoms with Gasteiger partial charge < -0.3 is 20.0 Å². The molecule has 0 saturated heterocycles. The van der Waals surface area contributed by atoms with E-state index in [0.29, 0.717) is 16.7 Å². The van der Waals surface area contributed by atoms with Crippen LogP contribution in [0.25, 0.3) is 11.0 Å². The van der Waals surface area contributed by atoms with Crippen LogP contribution >= 0.6 is 11.6 Å². The molecule has 3 aromatic rings. The maximum absolute atomic E-state index is 13.7. The predicted octanol–water partition coefficient (Wildman–Crippen LogP) is 2.83. The summed E-state index contributed by atoms with van der Waals surface area (Å²) in [4.78, 5) is 40.6. The summed E-state index contributed by atoms with van der Waals surface area (Å²) in [5.74, 6) is -2.41. The van der Waals surface area contributed by atoms with Crippen LogP contribution < -0.4 is 11.0 Å². The zero-order valence-electron chi connectivity index (χ0n) is 13.4. The molecule has 0 saturated carbocycles. The van der Waals surface area contributed by atoms with Crippen molar-refractivity contribution in [2.45, 2.75) is 13.0 Å². The summed E-state index contributed by atoms with van der Waals surface area (Å²) in [6.45, 7) is 1.35. The van der Waals surface area contributed by atoms with Gasteiger partial charge in [-0.25, -0.2) is 14.0 Å². The van der Waals surface area contributed by atoms with Gasteiger partial charge in [-0.1, -0.05) is 11.6 Å². The average molecular weight is 378 g/mol. The van der Waals surface area contributed by atoms with Crippen LogP contribution in [0.4, 0.5) is 10.1 Å². The number of imidazole rings is 1. The molecule has 134 valence electrons. The minimum atomic E-state index is -1.18. The van der Waals surface area contributed by atoms with Gasteiger partial charge in [-0.2, -0.15) is 0 Å². The molecule has 3 N–H and O–H groups in total. The number of benzene rings is 2. The van der Waals surface area contributed by atoms with Gasteiger partial charge in [-0.3, -0.25) is 4.79 Å². The number of rotatable bonds is 4. The highest BCUT2D eigenvalue weighted by molar-refractivity contribution is 6.30. The second-order valence-corrected chi connectivity index (χ2v) is 5.94. The molecule has 0 fully saturated rings. The fourth-order valence-corrected chi connectivity index (χ4v) is 2.46. The molecule has 26 heavy (non-hydrogen) atoms. The van der Waals surface area contributed by atoms with Crippen molar-refractivity contribution < 1.29 is 18.7 Å². The summed E-state index contributed by atoms with van der Waals surface area (Å²) < 4.78 is 18.7. The van der Waals surface area contributed by atoms with Gasteiger partial charge in [-0.05, 0) is 43.3 Å². The molecule has 0 aliphatic carbocycles. The normalized spacial score (nSPS) is 12.0. The average Bonchev–Trinajstić information content (AvgIpc) is 2.96. The first-order valence-electron chi connectivity index (χ1n) is 7.52. The lowest BCUT2D eigenvalue weighted by Gasteiger charge is -2.14. The highest BCUT2D eigenvalue weighted by Crippen LogP contribution is 2.18. The van der Waals surface area contributed by atoms with Crippen molar-refractivity contribution >= 4 is 40.2 Å². The third-order valence-electron chi connectivity index (χ3n) is 3.58. The van der Waals surface area contributed by atoms with Crippen molar-refractivity contribution in [3.05, 3.63) is 63.3 Å². The number of anilines is 1. The molecule has 9 heteroatoms. The number of aromatic nitrogens is 2. The Balaban J connectivity index is 1.69. The molecule has 0 unspecified atom stereocenters. The summed E-state index contributed by atoms with van der Waals surface area (Å²) in [5, 5.41) is 2.72. The second-order valence-electron chi connectivity index (χ2n) is 5.50. The van der Waals surface area contributed by atoms with Gasteiger partial charge in [0.15, 0.2) is 6.10 Å². The topological polar surface area (TPSA) is 104 Å². The number of nitrogens with one attached hydrogen (secondary N) is 3. The van der Waals surface area contributed by atoms with Gasteiger partial charge in [0.1, 0.15) is 5.82 Å². The van der Waals surface area contributed by atoms with Gasteiger partial charge >= 0.3 is 11.7 Å². The molecule has 1 heterocycles. The maximum Gasteiger partial charge on any atom is 0.341 e. The minimum absolute atomic E-state index is 0.171. The standard InChI is InChI=1S/C17H13ClFN3O4/c1-8(26-16(24)11-6-9(18)2-4-12(11)19)15(23)20-10-3-5-13-14(7-10)22-17(25)21-13/h2-8H,1H3,(H,20,23)(H2,21,22,25)/t8-/m0/s1. The number of esters is 1. The summed E-state index contributed by atoms with van der Waals surface area (Å²) >= 11 is 5.74. The summed E-state index contributed by atoms with van der Waals surface area (Å²) in [6, 6.07) is 8.20. The molecule has 1 atom stereocenters. The number of amides is 1. The lowest BCUT2D eigenvalue weighted by molar-refractivity contribution is -0.123. The summed E-state index contributed by atoms with van der Waals surface area (Å²) in [7, 11) is 0. The number of fused-ring (bicyclic) bond motifs is 1. The quantitative estimate of drug-likeness (QED) is 0.608. The number of aromatic amines is 2. The predicted molar refractivity (Wildman–Crippen MR) is 93.8 cm³/mol. The lowest BCUT2D eigenvalue weighted by Crippen LogP contribution is -2.30. The molecule has 3 rings (SSSR count). The lowest BCUT2D eigenvalue weighted by atomic mass is 10.2. The van der Waals surface area contributed by atoms with E-state index in [1.165, 1.54) is 13.0 Å². The molecule has 1 aromatic heterocycles. The first kappa shape index (κ1) is 17.7. The van der Waals surface area contributed by atoms with E-state index in [1.807, 2.05) is 0 Å². The molecule has 1 amide bonds. The van der Waals surface area contributed by atoms with Crippen LogP contribution in [0.5, 0.6) is 0 Å². The molecule has 0 aliphatic heterocycles. The van der Waals surface area contributed by atoms with Crippen molar-refractivity contribution in [3.8, 4) is 0 Å². The Labute approximate surface area is 151 Å². The smallest absolute Gasteiger partial charge is 0.341 e. The number of hydrogen-bond acceptors (Lipinski definition) is 4. The van der Waals surface area contributed by atoms with Crippen molar-refractivity contribution in [1.82, 2.24) is 9.97 Å². The van der Waals surface area contributed by atoms with Crippen molar-refractivity contribution in [1.29, 1.82) is 0 Å². The molecular formula is C17H13ClFN3O4. The molecule has 0 bridgehead atoms. The van der Waals surface area contributed by atoms with E-state index >= 15 is 0 Å². The minimum Gasteiger partial charge on any atom is -0.449 e. The SMILES string of the molecule is C[C@H](OC(=O)c1cc(Cl)ccc1F)C(=O)Nc1ccc2[nH]c(=O)[nH]c2c1. The van der Waals surface area contributed by atoms with Crippen LogP contribution in [0.15, 0.2) is 41.2 Å². The highest BCUT2D eigenvalue weighted by atomic mass is 35.5. The molecule has 2 aromatic carbocycles. The first-order valence-corrected chi connectivity index (χ1v) is 7.90. The third kappa shape index (κ3) is 3.75. The van der Waals surface area contributed by atoms with Gasteiger partial charge in [0, 0.05) is 10.7 Å². The number of ether oxygens (including phenoxy) is 1. The van der Waals surface area contributed by atoms with E-state index in [4.69, 9.17) is 16.3 Å². The first-order chi connectivity index (χ1) is 12.3. The van der Waals surface area contributed by atoms with E-state index in [2.05, 4.69) is 15.3 Å². The Morgan fingerprint density at radius 2 is 1.88 bits per heavy atom. The van der Waals surface area contributed by atoms with Gasteiger partial charge in [0.25, 0.3) is 5.91 Å². The van der Waals surface area contributed by atoms with Crippen molar-refractivity contribution in [2.24, 2.45) is 0 Å². The Morgan fingerprint density at radius 3 is 2.65 bits per heavy atom. The van der Waals surface area contributed by atoms with Crippen LogP contribution in [0.1, 0.15) is 17.3 Å². The zero-order chi connectivity index (χ0) is 18.8. The Morgan fingerprint density at radius 1 is 1.15 bits per heavy atom. The van der Waals surface area contributed by atoms with Crippen molar-refractivity contribution in [3.63, 3.8) is 0 Å². The van der Waals surface area contributed by atoms with Gasteiger partial charge in [0.05, 0.1) is 16.6 Å². The Kier molecular flexibility index (Phi) is 4.77. The zero-order valence-corrected chi connectivity index (χ0v) is 14.2. The monoisotopic (exact) mass is 377 g/mol. The van der Waals surface area contributed by atoms with Crippen LogP contribution in [-0.4, -0.2) is 27.9 Å². The Hall–Kier alpha value is -3.13. The fourth-order valence-electron chi connectivity index (χ4n) is 2.29. The van der Waals surface area contributed by atoms with E-state index in [9.17, 15) is 18.8 Å². The van der Waals surface area contributed by atoms with E-state index in [-0.39, 0.29) is 16.3 Å². The third-order valence-corrected chi connectivity index (χ3v) is 3.82. The van der Waals surface area contributed by atoms with Crippen LogP contribution in [0, 0.1) is 5.82 Å². The molecule has 0 spiro atoms. The molecule has 7 nitrogen and oxygen atoms in total. The number of halogens is 2. The number of carbonyl (C=O) groups excluding carboxylic acids is 2. The van der Waals surface area contributed by atoms with Gasteiger partial charge in [-0.15, -0.1) is 0 Å². The van der Waals surface area contributed by atoms with E-state index < -0.39 is 23.8 Å². The number of carbonyl (C=O) groups is 2. The number of H-pyrrole nitrogens is 2. The van der Waals surface area contributed by atoms with Crippen LogP contribution in [-0.2, 0) is 9.53 Å². The van der Waals surface area contributed by atoms with Gasteiger partial charge in [0.2, 0.25) is 0 Å². The van der Waals surface area contributed by atoms with E-state index in [1.54, 1.807) is 18.2 Å². The summed E-state index contributed by atoms with van der Waals surface area (Å²) in [6.07, 6.45) is -1.18. The van der Waals surface area contributed by atoms with Crippen molar-refractivity contribution in [2.75, 3.05) is 5.32 Å². The maximum atomic E-state index is 13.7. The van der Waals surface area contributed by atoms with Crippen LogP contribution in [0.2, 0.25) is 5.02 Å². The molecule has 0 aliphatic rings. The number of hydrogen-bond donors (Lipinski definition) is 3. The molecular weight excluding hydrogens is 365 g/mol. The Bertz CT molecular complexity index is 1060. The largest absolute Gasteiger partial charge is 0.449 e. The highest BCUT2D eigenvalue weighted by Gasteiger charge is 2.21. The molecule has 0 radical (unpaired) electrons. The van der Waals surface area contributed by atoms with E-state index in [0.717, 1.165) is 12.1 Å². The second kappa shape index (κ2) is 7.01. The van der Waals surface area contributed by atoms with Crippen LogP contribution in [0.3, 0.4) is 0 Å². The fraction of sp³-hybridized carbons (Fsp3) is 0.118.